The second-order valence-electron chi connectivity index (χ2n) is 6.42. The Bertz CT molecular complexity index is 1140. The summed E-state index contributed by atoms with van der Waals surface area (Å²) < 4.78 is 0. The molecule has 0 saturated carbocycles. The van der Waals surface area contributed by atoms with E-state index in [-0.39, 0.29) is 11.3 Å². The van der Waals surface area contributed by atoms with E-state index in [0.717, 1.165) is 10.9 Å². The van der Waals surface area contributed by atoms with E-state index in [0.29, 0.717) is 16.8 Å². The van der Waals surface area contributed by atoms with Gasteiger partial charge in [-0.15, -0.1) is 0 Å². The fraction of sp³-hybridized carbons (Fsp3) is 0.0435. The Labute approximate surface area is 161 Å². The van der Waals surface area contributed by atoms with Gasteiger partial charge in [-0.25, -0.2) is 4.79 Å². The average Bonchev–Trinajstić information content (AvgIpc) is 2.74. The number of aromatic hydroxyl groups is 1. The molecular formula is C23H18N2O3. The van der Waals surface area contributed by atoms with Crippen molar-refractivity contribution >= 4 is 22.6 Å². The average molecular weight is 370 g/mol. The smallest absolute Gasteiger partial charge is 0.337 e. The predicted octanol–water partition coefficient (Wildman–Crippen LogP) is 4.84. The van der Waals surface area contributed by atoms with E-state index in [1.165, 1.54) is 0 Å². The van der Waals surface area contributed by atoms with Gasteiger partial charge in [-0.05, 0) is 23.8 Å². The van der Waals surface area contributed by atoms with Crippen molar-refractivity contribution in [3.8, 4) is 5.75 Å². The maximum absolute atomic E-state index is 11.6. The van der Waals surface area contributed by atoms with Gasteiger partial charge in [-0.3, -0.25) is 4.98 Å². The van der Waals surface area contributed by atoms with Crippen molar-refractivity contribution in [2.24, 2.45) is 0 Å². The molecule has 0 radical (unpaired) electrons. The fourth-order valence-corrected chi connectivity index (χ4v) is 3.32. The minimum atomic E-state index is -1.01. The molecule has 1 heterocycles. The van der Waals surface area contributed by atoms with E-state index >= 15 is 0 Å². The second-order valence-corrected chi connectivity index (χ2v) is 6.42. The maximum Gasteiger partial charge on any atom is 0.337 e. The van der Waals surface area contributed by atoms with Crippen LogP contribution in [-0.4, -0.2) is 21.2 Å². The predicted molar refractivity (Wildman–Crippen MR) is 109 cm³/mol. The van der Waals surface area contributed by atoms with Crippen LogP contribution in [0.4, 0.5) is 5.69 Å². The minimum Gasteiger partial charge on any atom is -0.505 e. The zero-order valence-electron chi connectivity index (χ0n) is 14.9. The van der Waals surface area contributed by atoms with Gasteiger partial charge in [-0.1, -0.05) is 60.7 Å². The van der Waals surface area contributed by atoms with Gasteiger partial charge in [0.2, 0.25) is 0 Å². The van der Waals surface area contributed by atoms with Crippen LogP contribution in [0.1, 0.15) is 27.5 Å². The standard InChI is InChI=1S/C23H18N2O3/c26-22-18(13-12-16-9-6-14-24-21(16)22)20(15-7-2-1-3-8-15)25-19-11-5-4-10-17(19)23(27)28/h1-14,20,25-26H,(H,27,28)/t20-/m1/s1. The number of aromatic nitrogens is 1. The van der Waals surface area contributed by atoms with Crippen LogP contribution in [0.25, 0.3) is 10.9 Å². The minimum absolute atomic E-state index is 0.0762. The molecule has 0 aliphatic heterocycles. The number of fused-ring (bicyclic) bond motifs is 1. The van der Waals surface area contributed by atoms with Crippen LogP contribution < -0.4 is 5.32 Å². The van der Waals surface area contributed by atoms with Crippen molar-refractivity contribution in [1.82, 2.24) is 4.98 Å². The highest BCUT2D eigenvalue weighted by Gasteiger charge is 2.21. The topological polar surface area (TPSA) is 82.5 Å². The second kappa shape index (κ2) is 7.40. The summed E-state index contributed by atoms with van der Waals surface area (Å²) in [5.74, 6) is -0.938. The summed E-state index contributed by atoms with van der Waals surface area (Å²) in [4.78, 5) is 15.9. The first-order valence-corrected chi connectivity index (χ1v) is 8.85. The van der Waals surface area contributed by atoms with Crippen molar-refractivity contribution in [2.45, 2.75) is 6.04 Å². The summed E-state index contributed by atoms with van der Waals surface area (Å²) in [6.45, 7) is 0. The number of aromatic carboxylic acids is 1. The van der Waals surface area contributed by atoms with E-state index in [4.69, 9.17) is 0 Å². The molecule has 1 aromatic heterocycles. The number of para-hydroxylation sites is 1. The Kier molecular flexibility index (Phi) is 4.64. The number of carbonyl (C=O) groups is 1. The Morgan fingerprint density at radius 2 is 1.64 bits per heavy atom. The Hall–Kier alpha value is -3.86. The number of hydrogen-bond donors (Lipinski definition) is 3. The quantitative estimate of drug-likeness (QED) is 0.468. The molecular weight excluding hydrogens is 352 g/mol. The zero-order chi connectivity index (χ0) is 19.5. The van der Waals surface area contributed by atoms with Crippen molar-refractivity contribution in [3.05, 3.63) is 102 Å². The number of carboxylic acid groups (broad SMARTS) is 1. The molecule has 4 rings (SSSR count). The Morgan fingerprint density at radius 3 is 2.43 bits per heavy atom. The molecule has 1 atom stereocenters. The molecule has 0 amide bonds. The number of anilines is 1. The van der Waals surface area contributed by atoms with E-state index in [9.17, 15) is 15.0 Å². The van der Waals surface area contributed by atoms with Gasteiger partial charge in [-0.2, -0.15) is 0 Å². The van der Waals surface area contributed by atoms with Crippen LogP contribution in [0.3, 0.4) is 0 Å². The third kappa shape index (κ3) is 3.25. The molecule has 138 valence electrons. The third-order valence-corrected chi connectivity index (χ3v) is 4.68. The van der Waals surface area contributed by atoms with Crippen molar-refractivity contribution < 1.29 is 15.0 Å². The van der Waals surface area contributed by atoms with Crippen molar-refractivity contribution in [1.29, 1.82) is 0 Å². The fourth-order valence-electron chi connectivity index (χ4n) is 3.32. The lowest BCUT2D eigenvalue weighted by Crippen LogP contribution is -2.15. The zero-order valence-corrected chi connectivity index (χ0v) is 14.9. The van der Waals surface area contributed by atoms with Crippen LogP contribution in [-0.2, 0) is 0 Å². The normalized spacial score (nSPS) is 11.9. The van der Waals surface area contributed by atoms with Gasteiger partial charge in [0.05, 0.1) is 11.6 Å². The van der Waals surface area contributed by atoms with E-state index in [1.807, 2.05) is 54.6 Å². The number of nitrogens with one attached hydrogen (secondary N) is 1. The van der Waals surface area contributed by atoms with E-state index in [1.54, 1.807) is 30.5 Å². The molecule has 0 saturated heterocycles. The summed E-state index contributed by atoms with van der Waals surface area (Å²) >= 11 is 0. The molecule has 0 aliphatic carbocycles. The highest BCUT2D eigenvalue weighted by atomic mass is 16.4. The largest absolute Gasteiger partial charge is 0.505 e. The lowest BCUT2D eigenvalue weighted by atomic mass is 9.95. The van der Waals surface area contributed by atoms with Crippen LogP contribution >= 0.6 is 0 Å². The molecule has 0 bridgehead atoms. The first-order valence-electron chi connectivity index (χ1n) is 8.85. The van der Waals surface area contributed by atoms with Gasteiger partial charge in [0.15, 0.2) is 0 Å². The summed E-state index contributed by atoms with van der Waals surface area (Å²) in [6, 6.07) is 23.3. The van der Waals surface area contributed by atoms with Gasteiger partial charge >= 0.3 is 5.97 Å². The number of phenols is 1. The Balaban J connectivity index is 1.87. The summed E-state index contributed by atoms with van der Waals surface area (Å²) in [7, 11) is 0. The number of pyridine rings is 1. The summed E-state index contributed by atoms with van der Waals surface area (Å²) in [6.07, 6.45) is 1.64. The number of rotatable bonds is 5. The van der Waals surface area contributed by atoms with Crippen LogP contribution in [0.15, 0.2) is 85.1 Å². The molecule has 4 aromatic rings. The molecule has 5 heteroatoms. The molecule has 3 N–H and O–H groups in total. The van der Waals surface area contributed by atoms with E-state index in [2.05, 4.69) is 10.3 Å². The van der Waals surface area contributed by atoms with Gasteiger partial charge < -0.3 is 15.5 Å². The highest BCUT2D eigenvalue weighted by Crippen LogP contribution is 2.36. The summed E-state index contributed by atoms with van der Waals surface area (Å²) in [5.41, 5.74) is 2.67. The van der Waals surface area contributed by atoms with Crippen LogP contribution in [0.2, 0.25) is 0 Å². The molecule has 5 nitrogen and oxygen atoms in total. The number of carboxylic acids is 1. The lowest BCUT2D eigenvalue weighted by Gasteiger charge is -2.23. The van der Waals surface area contributed by atoms with Crippen molar-refractivity contribution in [3.63, 3.8) is 0 Å². The SMILES string of the molecule is O=C(O)c1ccccc1N[C@H](c1ccccc1)c1ccc2cccnc2c1O. The molecule has 28 heavy (non-hydrogen) atoms. The van der Waals surface area contributed by atoms with Gasteiger partial charge in [0.1, 0.15) is 11.3 Å². The molecule has 0 fully saturated rings. The first kappa shape index (κ1) is 17.5. The molecule has 0 spiro atoms. The summed E-state index contributed by atoms with van der Waals surface area (Å²) in [5, 5.41) is 24.6. The van der Waals surface area contributed by atoms with Gasteiger partial charge in [0.25, 0.3) is 0 Å². The molecule has 3 aromatic carbocycles. The number of phenolic OH excluding ortho intramolecular Hbond substituents is 1. The Morgan fingerprint density at radius 1 is 0.893 bits per heavy atom. The van der Waals surface area contributed by atoms with E-state index < -0.39 is 12.0 Å². The number of benzene rings is 3. The number of hydrogen-bond acceptors (Lipinski definition) is 4. The van der Waals surface area contributed by atoms with Crippen LogP contribution in [0.5, 0.6) is 5.75 Å². The molecule has 0 aliphatic rings. The third-order valence-electron chi connectivity index (χ3n) is 4.68. The number of nitrogens with zero attached hydrogens (tertiary/aromatic N) is 1. The lowest BCUT2D eigenvalue weighted by molar-refractivity contribution is 0.0698. The first-order chi connectivity index (χ1) is 13.6. The monoisotopic (exact) mass is 370 g/mol. The van der Waals surface area contributed by atoms with Crippen molar-refractivity contribution in [2.75, 3.05) is 5.32 Å². The maximum atomic E-state index is 11.6. The molecule has 0 unspecified atom stereocenters. The highest BCUT2D eigenvalue weighted by molar-refractivity contribution is 5.94. The van der Waals surface area contributed by atoms with Gasteiger partial charge in [0, 0.05) is 22.8 Å². The van der Waals surface area contributed by atoms with Crippen LogP contribution in [0, 0.1) is 0 Å².